The summed E-state index contributed by atoms with van der Waals surface area (Å²) in [4.78, 5) is 73.0. The molecule has 0 saturated carbocycles. The molecule has 270 valence electrons. The fourth-order valence-electron chi connectivity index (χ4n) is 4.72. The lowest BCUT2D eigenvalue weighted by Crippen LogP contribution is -2.57. The smallest absolute Gasteiger partial charge is 0.307 e. The second-order valence-electron chi connectivity index (χ2n) is 10.6. The topological polar surface area (TPSA) is 198 Å². The normalized spacial score (nSPS) is 10.9. The van der Waals surface area contributed by atoms with Crippen molar-refractivity contribution >= 4 is 35.6 Å². The summed E-state index contributed by atoms with van der Waals surface area (Å²) in [5, 5.41) is 19.5. The first-order valence-corrected chi connectivity index (χ1v) is 16.2. The van der Waals surface area contributed by atoms with Crippen LogP contribution in [0.5, 0.6) is 0 Å². The van der Waals surface area contributed by atoms with E-state index in [1.165, 1.54) is 7.11 Å². The van der Waals surface area contributed by atoms with Crippen molar-refractivity contribution < 1.29 is 48.1 Å². The lowest BCUT2D eigenvalue weighted by molar-refractivity contribution is -0.145. The minimum absolute atomic E-state index is 0.0478. The van der Waals surface area contributed by atoms with Crippen LogP contribution in [0.15, 0.2) is 60.7 Å². The van der Waals surface area contributed by atoms with Gasteiger partial charge in [-0.05, 0) is 38.8 Å². The first-order valence-electron chi connectivity index (χ1n) is 16.2. The predicted octanol–water partition coefficient (Wildman–Crippen LogP) is 1.46. The number of carboxylic acid groups (broad SMARTS) is 1. The van der Waals surface area contributed by atoms with Crippen molar-refractivity contribution in [3.05, 3.63) is 71.8 Å². The Morgan fingerprint density at radius 3 is 1.18 bits per heavy atom. The Hall–Kier alpha value is -4.82. The molecule has 0 radical (unpaired) electrons. The molecule has 0 unspecified atom stereocenters. The molecule has 2 aromatic carbocycles. The van der Waals surface area contributed by atoms with Gasteiger partial charge < -0.3 is 40.6 Å². The SMILES string of the molecule is CCNC(=O)C(COCCC(=O)O)(C(=O)NCC)c1ccccc1.CCNC(=O)C(COCCC(=O)OC)(C(=O)NCC)c1ccccc1. The number of methoxy groups -OCH3 is 1. The number of benzene rings is 2. The molecule has 0 aromatic heterocycles. The van der Waals surface area contributed by atoms with Crippen LogP contribution in [0, 0.1) is 0 Å². The molecule has 49 heavy (non-hydrogen) atoms. The third kappa shape index (κ3) is 12.3. The van der Waals surface area contributed by atoms with E-state index >= 15 is 0 Å². The van der Waals surface area contributed by atoms with Crippen LogP contribution in [0.2, 0.25) is 0 Å². The zero-order valence-electron chi connectivity index (χ0n) is 29.0. The van der Waals surface area contributed by atoms with Crippen molar-refractivity contribution in [2.45, 2.75) is 51.4 Å². The molecule has 0 spiro atoms. The van der Waals surface area contributed by atoms with Gasteiger partial charge in [0, 0.05) is 26.2 Å². The van der Waals surface area contributed by atoms with E-state index in [1.807, 2.05) is 6.07 Å². The number of hydrogen-bond donors (Lipinski definition) is 5. The lowest BCUT2D eigenvalue weighted by Gasteiger charge is -2.31. The Balaban J connectivity index is 0.000000490. The molecule has 0 aliphatic carbocycles. The van der Waals surface area contributed by atoms with Crippen LogP contribution in [-0.4, -0.2) is 100 Å². The second-order valence-corrected chi connectivity index (χ2v) is 10.6. The highest BCUT2D eigenvalue weighted by molar-refractivity contribution is 6.11. The summed E-state index contributed by atoms with van der Waals surface area (Å²) in [7, 11) is 1.29. The molecule has 0 saturated heterocycles. The molecule has 0 aliphatic rings. The zero-order chi connectivity index (χ0) is 36.7. The van der Waals surface area contributed by atoms with E-state index in [-0.39, 0.29) is 39.3 Å². The number of carbonyl (C=O) groups is 6. The van der Waals surface area contributed by atoms with Gasteiger partial charge in [-0.1, -0.05) is 60.7 Å². The fourth-order valence-corrected chi connectivity index (χ4v) is 4.72. The minimum atomic E-state index is -1.56. The molecular formula is C35H50N4O10. The number of hydrogen-bond acceptors (Lipinski definition) is 9. The maximum Gasteiger partial charge on any atom is 0.307 e. The number of ether oxygens (including phenoxy) is 3. The molecule has 0 fully saturated rings. The van der Waals surface area contributed by atoms with Crippen LogP contribution in [-0.2, 0) is 53.8 Å². The van der Waals surface area contributed by atoms with Gasteiger partial charge in [0.1, 0.15) is 0 Å². The summed E-state index contributed by atoms with van der Waals surface area (Å²) >= 11 is 0. The van der Waals surface area contributed by atoms with Crippen molar-refractivity contribution in [1.82, 2.24) is 21.3 Å². The molecule has 14 nitrogen and oxygen atoms in total. The van der Waals surface area contributed by atoms with Crippen LogP contribution in [0.4, 0.5) is 0 Å². The van der Waals surface area contributed by atoms with Gasteiger partial charge in [-0.3, -0.25) is 28.8 Å². The highest BCUT2D eigenvalue weighted by Crippen LogP contribution is 2.27. The second kappa shape index (κ2) is 22.7. The van der Waals surface area contributed by atoms with Gasteiger partial charge in [-0.15, -0.1) is 0 Å². The Labute approximate surface area is 287 Å². The van der Waals surface area contributed by atoms with Gasteiger partial charge in [0.2, 0.25) is 23.6 Å². The van der Waals surface area contributed by atoms with E-state index in [1.54, 1.807) is 82.3 Å². The summed E-state index contributed by atoms with van der Waals surface area (Å²) in [5.41, 5.74) is -2.06. The van der Waals surface area contributed by atoms with Crippen molar-refractivity contribution in [3.63, 3.8) is 0 Å². The fraction of sp³-hybridized carbons (Fsp3) is 0.486. The molecule has 2 rings (SSSR count). The minimum Gasteiger partial charge on any atom is -0.481 e. The van der Waals surface area contributed by atoms with Crippen LogP contribution in [0.3, 0.4) is 0 Å². The lowest BCUT2D eigenvalue weighted by atomic mass is 9.79. The maximum atomic E-state index is 12.8. The number of nitrogens with one attached hydrogen (secondary N) is 4. The standard InChI is InChI=1S/C18H26N2O5.C17H24N2O5/c1-4-19-16(22)18(17(23)20-5-2,14-9-7-6-8-10-14)13-25-12-11-15(21)24-3;1-3-18-15(22)17(16(23)19-4-2,12-24-11-10-14(20)21)13-8-6-5-7-9-13/h6-10H,4-5,11-13H2,1-3H3,(H,19,22)(H,20,23);5-9H,3-4,10-12H2,1-2H3,(H,18,22)(H,19,23)(H,20,21). The van der Waals surface area contributed by atoms with Crippen molar-refractivity contribution in [2.75, 3.05) is 59.7 Å². The van der Waals surface area contributed by atoms with Gasteiger partial charge in [0.25, 0.3) is 0 Å². The third-order valence-corrected chi connectivity index (χ3v) is 7.21. The van der Waals surface area contributed by atoms with Crippen LogP contribution >= 0.6 is 0 Å². The number of likely N-dealkylation sites (N-methyl/N-ethyl adjacent to an activating group) is 4. The average molecular weight is 687 g/mol. The highest BCUT2D eigenvalue weighted by atomic mass is 16.5. The summed E-state index contributed by atoms with van der Waals surface area (Å²) < 4.78 is 15.5. The van der Waals surface area contributed by atoms with Gasteiger partial charge in [-0.25, -0.2) is 0 Å². The number of carbonyl (C=O) groups excluding carboxylic acids is 5. The monoisotopic (exact) mass is 686 g/mol. The summed E-state index contributed by atoms with van der Waals surface area (Å²) in [6.07, 6.45) is -0.151. The molecule has 0 bridgehead atoms. The molecule has 0 heterocycles. The number of esters is 1. The zero-order valence-corrected chi connectivity index (χ0v) is 29.0. The Kier molecular flexibility index (Phi) is 19.5. The number of carboxylic acids is 1. The molecule has 5 N–H and O–H groups in total. The third-order valence-electron chi connectivity index (χ3n) is 7.21. The average Bonchev–Trinajstić information content (AvgIpc) is 3.09. The highest BCUT2D eigenvalue weighted by Gasteiger charge is 2.48. The van der Waals surface area contributed by atoms with E-state index < -0.39 is 46.4 Å². The van der Waals surface area contributed by atoms with E-state index in [0.717, 1.165) is 0 Å². The quantitative estimate of drug-likeness (QED) is 0.0772. The van der Waals surface area contributed by atoms with Gasteiger partial charge in [0.15, 0.2) is 10.8 Å². The number of aliphatic carboxylic acids is 1. The van der Waals surface area contributed by atoms with E-state index in [2.05, 4.69) is 26.0 Å². The molecular weight excluding hydrogens is 636 g/mol. The number of amides is 4. The van der Waals surface area contributed by atoms with Crippen molar-refractivity contribution in [1.29, 1.82) is 0 Å². The van der Waals surface area contributed by atoms with Gasteiger partial charge >= 0.3 is 11.9 Å². The van der Waals surface area contributed by atoms with Gasteiger partial charge in [-0.2, -0.15) is 0 Å². The van der Waals surface area contributed by atoms with E-state index in [4.69, 9.17) is 14.6 Å². The van der Waals surface area contributed by atoms with Crippen LogP contribution in [0.25, 0.3) is 0 Å². The number of rotatable bonds is 20. The molecule has 0 aliphatic heterocycles. The molecule has 2 aromatic rings. The predicted molar refractivity (Wildman–Crippen MR) is 181 cm³/mol. The molecule has 4 amide bonds. The van der Waals surface area contributed by atoms with Gasteiger partial charge in [0.05, 0.1) is 46.4 Å². The van der Waals surface area contributed by atoms with Crippen LogP contribution < -0.4 is 21.3 Å². The van der Waals surface area contributed by atoms with Crippen LogP contribution in [0.1, 0.15) is 51.7 Å². The summed E-state index contributed by atoms with van der Waals surface area (Å²) in [5.74, 6) is -3.25. The Morgan fingerprint density at radius 2 is 0.898 bits per heavy atom. The molecule has 0 atom stereocenters. The maximum absolute atomic E-state index is 12.8. The summed E-state index contributed by atoms with van der Waals surface area (Å²) in [6.45, 7) is 8.14. The van der Waals surface area contributed by atoms with E-state index in [0.29, 0.717) is 37.3 Å². The largest absolute Gasteiger partial charge is 0.481 e. The van der Waals surface area contributed by atoms with Crippen molar-refractivity contribution in [2.24, 2.45) is 0 Å². The Morgan fingerprint density at radius 1 is 0.571 bits per heavy atom. The van der Waals surface area contributed by atoms with E-state index in [9.17, 15) is 28.8 Å². The first-order chi connectivity index (χ1) is 23.5. The first kappa shape index (κ1) is 42.2. The van der Waals surface area contributed by atoms with Crippen molar-refractivity contribution in [3.8, 4) is 0 Å². The summed E-state index contributed by atoms with van der Waals surface area (Å²) in [6, 6.07) is 17.4. The molecule has 14 heteroatoms. The Bertz CT molecular complexity index is 1300.